The van der Waals surface area contributed by atoms with Crippen LogP contribution in [0.4, 0.5) is 0 Å². The number of hydrogen-bond donors (Lipinski definition) is 1. The Kier molecular flexibility index (Phi) is 4.29. The van der Waals surface area contributed by atoms with Crippen LogP contribution in [0.25, 0.3) is 0 Å². The minimum atomic E-state index is 0.557. The maximum absolute atomic E-state index is 5.41. The lowest BCUT2D eigenvalue weighted by molar-refractivity contribution is 1.23. The lowest BCUT2D eigenvalue weighted by Crippen LogP contribution is -1.92. The van der Waals surface area contributed by atoms with Gasteiger partial charge in [-0.3, -0.25) is 0 Å². The molecule has 0 saturated heterocycles. The molecule has 0 spiro atoms. The molecule has 0 rings (SSSR count). The predicted octanol–water partition coefficient (Wildman–Crippen LogP) is 1.84. The van der Waals surface area contributed by atoms with Crippen molar-refractivity contribution in [2.45, 2.75) is 20.8 Å². The van der Waals surface area contributed by atoms with Crippen LogP contribution in [0.2, 0.25) is 0 Å². The molecule has 0 aliphatic heterocycles. The Morgan fingerprint density at radius 1 is 1.30 bits per heavy atom. The third-order valence-corrected chi connectivity index (χ3v) is 1.17. The Bertz CT molecular complexity index is 156. The summed E-state index contributed by atoms with van der Waals surface area (Å²) in [5.74, 6) is 0.557. The summed E-state index contributed by atoms with van der Waals surface area (Å²) < 4.78 is 0. The van der Waals surface area contributed by atoms with Crippen LogP contribution in [0.3, 0.4) is 0 Å². The number of nitrogens with zero attached hydrogens (tertiary/aromatic N) is 1. The number of nitrogens with two attached hydrogens (primary N) is 1. The lowest BCUT2D eigenvalue weighted by Gasteiger charge is -1.89. The molecular formula is C8H14N2. The van der Waals surface area contributed by atoms with Gasteiger partial charge in [0.15, 0.2) is 0 Å². The van der Waals surface area contributed by atoms with Crippen LogP contribution in [-0.4, -0.2) is 6.21 Å². The van der Waals surface area contributed by atoms with Crippen molar-refractivity contribution in [3.05, 3.63) is 23.5 Å². The van der Waals surface area contributed by atoms with Crippen molar-refractivity contribution < 1.29 is 0 Å². The topological polar surface area (TPSA) is 38.4 Å². The van der Waals surface area contributed by atoms with Gasteiger partial charge in [-0.1, -0.05) is 6.08 Å². The van der Waals surface area contributed by atoms with E-state index in [1.165, 1.54) is 0 Å². The largest absolute Gasteiger partial charge is 0.384 e. The first-order valence-corrected chi connectivity index (χ1v) is 3.29. The third kappa shape index (κ3) is 3.89. The first kappa shape index (κ1) is 8.95. The van der Waals surface area contributed by atoms with E-state index in [4.69, 9.17) is 5.73 Å². The second-order valence-corrected chi connectivity index (χ2v) is 2.00. The summed E-state index contributed by atoms with van der Waals surface area (Å²) >= 11 is 0. The van der Waals surface area contributed by atoms with Crippen molar-refractivity contribution in [1.82, 2.24) is 0 Å². The number of hydrogen-bond acceptors (Lipinski definition) is 2. The highest BCUT2D eigenvalue weighted by Gasteiger charge is 1.79. The predicted molar refractivity (Wildman–Crippen MR) is 45.9 cm³/mol. The summed E-state index contributed by atoms with van der Waals surface area (Å²) in [6.07, 6.45) is 5.49. The first-order valence-electron chi connectivity index (χ1n) is 3.29. The minimum absolute atomic E-state index is 0.557. The fourth-order valence-corrected chi connectivity index (χ4v) is 0.325. The molecule has 2 N–H and O–H groups in total. The average molecular weight is 138 g/mol. The second-order valence-electron chi connectivity index (χ2n) is 2.00. The van der Waals surface area contributed by atoms with E-state index < -0.39 is 0 Å². The zero-order chi connectivity index (χ0) is 7.98. The molecule has 0 aliphatic rings. The van der Waals surface area contributed by atoms with Crippen molar-refractivity contribution in [2.75, 3.05) is 0 Å². The lowest BCUT2D eigenvalue weighted by atomic mass is 10.3. The molecule has 10 heavy (non-hydrogen) atoms. The minimum Gasteiger partial charge on any atom is -0.384 e. The summed E-state index contributed by atoms with van der Waals surface area (Å²) in [5.41, 5.74) is 6.53. The summed E-state index contributed by atoms with van der Waals surface area (Å²) in [6.45, 7) is 5.80. The van der Waals surface area contributed by atoms with E-state index in [1.807, 2.05) is 26.8 Å². The zero-order valence-corrected chi connectivity index (χ0v) is 6.76. The van der Waals surface area contributed by atoms with Crippen molar-refractivity contribution in [3.63, 3.8) is 0 Å². The maximum Gasteiger partial charge on any atom is 0.118 e. The smallest absolute Gasteiger partial charge is 0.118 e. The summed E-state index contributed by atoms with van der Waals surface area (Å²) in [4.78, 5) is 3.96. The molecule has 2 heteroatoms. The molecule has 0 aromatic heterocycles. The van der Waals surface area contributed by atoms with E-state index in [0.717, 1.165) is 5.57 Å². The van der Waals surface area contributed by atoms with Crippen LogP contribution in [0.1, 0.15) is 20.8 Å². The fourth-order valence-electron chi connectivity index (χ4n) is 0.325. The van der Waals surface area contributed by atoms with Crippen molar-refractivity contribution in [1.29, 1.82) is 0 Å². The summed E-state index contributed by atoms with van der Waals surface area (Å²) in [6, 6.07) is 0. The summed E-state index contributed by atoms with van der Waals surface area (Å²) in [5, 5.41) is 0. The molecular weight excluding hydrogens is 124 g/mol. The van der Waals surface area contributed by atoms with Crippen molar-refractivity contribution >= 4 is 6.21 Å². The van der Waals surface area contributed by atoms with Gasteiger partial charge in [-0.05, 0) is 32.4 Å². The van der Waals surface area contributed by atoms with Crippen molar-refractivity contribution in [2.24, 2.45) is 10.7 Å². The third-order valence-electron chi connectivity index (χ3n) is 1.17. The van der Waals surface area contributed by atoms with E-state index in [1.54, 1.807) is 12.3 Å². The first-order chi connectivity index (χ1) is 4.70. The van der Waals surface area contributed by atoms with E-state index in [-0.39, 0.29) is 0 Å². The maximum atomic E-state index is 5.41. The van der Waals surface area contributed by atoms with Gasteiger partial charge in [-0.2, -0.15) is 0 Å². The monoisotopic (exact) mass is 138 g/mol. The Hall–Kier alpha value is -1.05. The Labute approximate surface area is 62.1 Å². The van der Waals surface area contributed by atoms with E-state index >= 15 is 0 Å². The molecule has 0 aromatic rings. The Balaban J connectivity index is 4.01. The van der Waals surface area contributed by atoms with Crippen LogP contribution < -0.4 is 5.73 Å². The van der Waals surface area contributed by atoms with Crippen LogP contribution in [-0.2, 0) is 0 Å². The average Bonchev–Trinajstić information content (AvgIpc) is 1.99. The van der Waals surface area contributed by atoms with Gasteiger partial charge in [0.1, 0.15) is 5.82 Å². The van der Waals surface area contributed by atoms with Crippen molar-refractivity contribution in [3.8, 4) is 0 Å². The van der Waals surface area contributed by atoms with Gasteiger partial charge < -0.3 is 5.73 Å². The molecule has 0 amide bonds. The van der Waals surface area contributed by atoms with Gasteiger partial charge in [0.2, 0.25) is 0 Å². The molecule has 2 nitrogen and oxygen atoms in total. The van der Waals surface area contributed by atoms with Gasteiger partial charge in [0.25, 0.3) is 0 Å². The molecule has 0 unspecified atom stereocenters. The van der Waals surface area contributed by atoms with Gasteiger partial charge >= 0.3 is 0 Å². The molecule has 0 atom stereocenters. The van der Waals surface area contributed by atoms with Crippen LogP contribution in [0, 0.1) is 0 Å². The highest BCUT2D eigenvalue weighted by molar-refractivity contribution is 5.78. The molecule has 0 radical (unpaired) electrons. The fraction of sp³-hybridized carbons (Fsp3) is 0.375. The highest BCUT2D eigenvalue weighted by Crippen LogP contribution is 1.89. The van der Waals surface area contributed by atoms with Gasteiger partial charge in [0.05, 0.1) is 0 Å². The Morgan fingerprint density at radius 3 is 2.30 bits per heavy atom. The van der Waals surface area contributed by atoms with Gasteiger partial charge in [-0.15, -0.1) is 0 Å². The zero-order valence-electron chi connectivity index (χ0n) is 6.76. The SMILES string of the molecule is C\C=C(N)/N=C\C(C)=C\C. The molecule has 0 aliphatic carbocycles. The molecule has 0 saturated carbocycles. The van der Waals surface area contributed by atoms with Gasteiger partial charge in [-0.25, -0.2) is 4.99 Å². The molecule has 0 bridgehead atoms. The number of allylic oxidation sites excluding steroid dienone is 3. The molecule has 0 fully saturated rings. The molecule has 0 heterocycles. The van der Waals surface area contributed by atoms with Crippen LogP contribution in [0.15, 0.2) is 28.5 Å². The van der Waals surface area contributed by atoms with E-state index in [0.29, 0.717) is 5.82 Å². The normalized spacial score (nSPS) is 14.7. The Morgan fingerprint density at radius 2 is 1.90 bits per heavy atom. The van der Waals surface area contributed by atoms with E-state index in [2.05, 4.69) is 4.99 Å². The number of aliphatic imine (C=N–C) groups is 1. The second kappa shape index (κ2) is 4.79. The van der Waals surface area contributed by atoms with E-state index in [9.17, 15) is 0 Å². The van der Waals surface area contributed by atoms with Crippen LogP contribution in [0.5, 0.6) is 0 Å². The van der Waals surface area contributed by atoms with Gasteiger partial charge in [0, 0.05) is 6.21 Å². The standard InChI is InChI=1S/C8H14N2/c1-4-7(3)6-10-8(9)5-2/h4-6H,9H2,1-3H3/b7-4+,8-5-,10-6-. The highest BCUT2D eigenvalue weighted by atomic mass is 14.9. The summed E-state index contributed by atoms with van der Waals surface area (Å²) in [7, 11) is 0. The quantitative estimate of drug-likeness (QED) is 0.581. The number of rotatable bonds is 2. The molecule has 56 valence electrons. The molecule has 0 aromatic carbocycles. The van der Waals surface area contributed by atoms with Crippen LogP contribution >= 0.6 is 0 Å².